The molecule has 0 radical (unpaired) electrons. The maximum Gasteiger partial charge on any atom is 0.144 e. The summed E-state index contributed by atoms with van der Waals surface area (Å²) < 4.78 is 6.77. The van der Waals surface area contributed by atoms with Crippen LogP contribution in [0.25, 0.3) is 0 Å². The van der Waals surface area contributed by atoms with Gasteiger partial charge in [0.1, 0.15) is 5.75 Å². The molecule has 0 saturated heterocycles. The Bertz CT molecular complexity index is 584. The Hall–Kier alpha value is -1.68. The number of hydrogen-bond donors (Lipinski definition) is 2. The standard InChI is InChI=1S/C16H19BrN2O/c1-11(2)20-15-9-5-8-14(16(15)18)19-10-12-6-3-4-7-13(12)17/h3-9,11,19H,10,18H2,1-2H3. The van der Waals surface area contributed by atoms with Gasteiger partial charge in [0.15, 0.2) is 0 Å². The zero-order valence-electron chi connectivity index (χ0n) is 11.7. The van der Waals surface area contributed by atoms with Crippen LogP contribution in [0.5, 0.6) is 5.75 Å². The maximum absolute atomic E-state index is 6.13. The van der Waals surface area contributed by atoms with Crippen LogP contribution in [0.4, 0.5) is 11.4 Å². The van der Waals surface area contributed by atoms with Gasteiger partial charge < -0.3 is 15.8 Å². The van der Waals surface area contributed by atoms with Crippen LogP contribution in [0.2, 0.25) is 0 Å². The quantitative estimate of drug-likeness (QED) is 0.795. The van der Waals surface area contributed by atoms with E-state index in [9.17, 15) is 0 Å². The molecule has 0 atom stereocenters. The fourth-order valence-corrected chi connectivity index (χ4v) is 2.31. The lowest BCUT2D eigenvalue weighted by molar-refractivity contribution is 0.244. The summed E-state index contributed by atoms with van der Waals surface area (Å²) in [5.74, 6) is 0.720. The van der Waals surface area contributed by atoms with E-state index in [0.717, 1.165) is 15.9 Å². The number of ether oxygens (including phenoxy) is 1. The molecule has 0 aromatic heterocycles. The minimum absolute atomic E-state index is 0.107. The molecule has 3 nitrogen and oxygen atoms in total. The number of nitrogens with one attached hydrogen (secondary N) is 1. The first-order valence-electron chi connectivity index (χ1n) is 6.60. The van der Waals surface area contributed by atoms with E-state index in [-0.39, 0.29) is 6.10 Å². The van der Waals surface area contributed by atoms with Crippen LogP contribution in [0.15, 0.2) is 46.9 Å². The molecule has 3 N–H and O–H groups in total. The van der Waals surface area contributed by atoms with E-state index < -0.39 is 0 Å². The third-order valence-electron chi connectivity index (χ3n) is 2.86. The van der Waals surface area contributed by atoms with E-state index in [1.54, 1.807) is 0 Å². The highest BCUT2D eigenvalue weighted by molar-refractivity contribution is 9.10. The average molecular weight is 335 g/mol. The van der Waals surface area contributed by atoms with Gasteiger partial charge in [-0.3, -0.25) is 0 Å². The minimum atomic E-state index is 0.107. The summed E-state index contributed by atoms with van der Waals surface area (Å²) in [6.07, 6.45) is 0.107. The van der Waals surface area contributed by atoms with Crippen LogP contribution in [-0.2, 0) is 6.54 Å². The van der Waals surface area contributed by atoms with Crippen molar-refractivity contribution in [2.45, 2.75) is 26.5 Å². The first kappa shape index (κ1) is 14.7. The van der Waals surface area contributed by atoms with Crippen LogP contribution >= 0.6 is 15.9 Å². The fraction of sp³-hybridized carbons (Fsp3) is 0.250. The second-order valence-electron chi connectivity index (χ2n) is 4.83. The van der Waals surface area contributed by atoms with Gasteiger partial charge in [-0.15, -0.1) is 0 Å². The van der Waals surface area contributed by atoms with Crippen molar-refractivity contribution in [2.24, 2.45) is 0 Å². The van der Waals surface area contributed by atoms with Gasteiger partial charge in [-0.25, -0.2) is 0 Å². The molecule has 0 amide bonds. The van der Waals surface area contributed by atoms with E-state index in [1.807, 2.05) is 50.2 Å². The van der Waals surface area contributed by atoms with Crippen molar-refractivity contribution >= 4 is 27.3 Å². The molecule has 2 rings (SSSR count). The Kier molecular flexibility index (Phi) is 4.90. The lowest BCUT2D eigenvalue weighted by atomic mass is 10.2. The third kappa shape index (κ3) is 3.67. The smallest absolute Gasteiger partial charge is 0.144 e. The average Bonchev–Trinajstić information content (AvgIpc) is 2.41. The molecule has 2 aromatic rings. The Morgan fingerprint density at radius 3 is 2.60 bits per heavy atom. The van der Waals surface area contributed by atoms with Crippen LogP contribution in [0, 0.1) is 0 Å². The van der Waals surface area contributed by atoms with Crippen molar-refractivity contribution in [1.82, 2.24) is 0 Å². The molecule has 0 aliphatic rings. The zero-order valence-corrected chi connectivity index (χ0v) is 13.3. The lowest BCUT2D eigenvalue weighted by Gasteiger charge is -2.16. The zero-order chi connectivity index (χ0) is 14.5. The molecule has 20 heavy (non-hydrogen) atoms. The molecule has 4 heteroatoms. The maximum atomic E-state index is 6.13. The number of hydrogen-bond acceptors (Lipinski definition) is 3. The highest BCUT2D eigenvalue weighted by Gasteiger charge is 2.07. The normalized spacial score (nSPS) is 10.6. The highest BCUT2D eigenvalue weighted by atomic mass is 79.9. The number of rotatable bonds is 5. The first-order chi connectivity index (χ1) is 9.58. The van der Waals surface area contributed by atoms with Crippen LogP contribution in [0.3, 0.4) is 0 Å². The Balaban J connectivity index is 2.12. The Morgan fingerprint density at radius 1 is 1.15 bits per heavy atom. The van der Waals surface area contributed by atoms with Crippen LogP contribution in [0.1, 0.15) is 19.4 Å². The Labute approximate surface area is 128 Å². The summed E-state index contributed by atoms with van der Waals surface area (Å²) in [5, 5.41) is 3.35. The van der Waals surface area contributed by atoms with Crippen molar-refractivity contribution in [3.05, 3.63) is 52.5 Å². The van der Waals surface area contributed by atoms with Gasteiger partial charge in [-0.1, -0.05) is 40.2 Å². The molecule has 0 fully saturated rings. The van der Waals surface area contributed by atoms with Gasteiger partial charge in [0.05, 0.1) is 17.5 Å². The van der Waals surface area contributed by atoms with E-state index >= 15 is 0 Å². The number of nitrogen functional groups attached to an aromatic ring is 1. The van der Waals surface area contributed by atoms with Gasteiger partial charge in [-0.2, -0.15) is 0 Å². The fourth-order valence-electron chi connectivity index (χ4n) is 1.89. The van der Waals surface area contributed by atoms with Crippen molar-refractivity contribution in [1.29, 1.82) is 0 Å². The van der Waals surface area contributed by atoms with Crippen molar-refractivity contribution in [3.63, 3.8) is 0 Å². The molecular formula is C16H19BrN2O. The Morgan fingerprint density at radius 2 is 1.90 bits per heavy atom. The molecule has 0 spiro atoms. The summed E-state index contributed by atoms with van der Waals surface area (Å²) in [4.78, 5) is 0. The predicted octanol–water partition coefficient (Wildman–Crippen LogP) is 4.43. The molecule has 106 valence electrons. The largest absolute Gasteiger partial charge is 0.489 e. The summed E-state index contributed by atoms with van der Waals surface area (Å²) >= 11 is 3.54. The monoisotopic (exact) mass is 334 g/mol. The van der Waals surface area contributed by atoms with E-state index in [4.69, 9.17) is 10.5 Å². The van der Waals surface area contributed by atoms with Gasteiger partial charge in [0, 0.05) is 11.0 Å². The van der Waals surface area contributed by atoms with Gasteiger partial charge >= 0.3 is 0 Å². The summed E-state index contributed by atoms with van der Waals surface area (Å²) in [6, 6.07) is 13.9. The number of benzene rings is 2. The van der Waals surface area contributed by atoms with Crippen LogP contribution in [-0.4, -0.2) is 6.10 Å². The molecular weight excluding hydrogens is 316 g/mol. The second-order valence-corrected chi connectivity index (χ2v) is 5.68. The minimum Gasteiger partial charge on any atom is -0.489 e. The summed E-state index contributed by atoms with van der Waals surface area (Å²) in [5.41, 5.74) is 8.85. The van der Waals surface area contributed by atoms with E-state index in [1.165, 1.54) is 5.56 Å². The molecule has 0 aliphatic carbocycles. The molecule has 2 aromatic carbocycles. The topological polar surface area (TPSA) is 47.3 Å². The summed E-state index contributed by atoms with van der Waals surface area (Å²) in [7, 11) is 0. The second kappa shape index (κ2) is 6.66. The van der Waals surface area contributed by atoms with Crippen molar-refractivity contribution in [3.8, 4) is 5.75 Å². The molecule has 0 unspecified atom stereocenters. The molecule has 0 bridgehead atoms. The molecule has 0 saturated carbocycles. The number of anilines is 2. The molecule has 0 heterocycles. The van der Waals surface area contributed by atoms with Gasteiger partial charge in [0.2, 0.25) is 0 Å². The van der Waals surface area contributed by atoms with Crippen molar-refractivity contribution < 1.29 is 4.74 Å². The number of para-hydroxylation sites is 1. The van der Waals surface area contributed by atoms with E-state index in [0.29, 0.717) is 12.2 Å². The number of halogens is 1. The lowest BCUT2D eigenvalue weighted by Crippen LogP contribution is -2.09. The van der Waals surface area contributed by atoms with Gasteiger partial charge in [-0.05, 0) is 37.6 Å². The van der Waals surface area contributed by atoms with Crippen molar-refractivity contribution in [2.75, 3.05) is 11.1 Å². The first-order valence-corrected chi connectivity index (χ1v) is 7.39. The van der Waals surface area contributed by atoms with Crippen LogP contribution < -0.4 is 15.8 Å². The predicted molar refractivity (Wildman–Crippen MR) is 88.1 cm³/mol. The molecule has 0 aliphatic heterocycles. The van der Waals surface area contributed by atoms with Gasteiger partial charge in [0.25, 0.3) is 0 Å². The SMILES string of the molecule is CC(C)Oc1cccc(NCc2ccccc2Br)c1N. The summed E-state index contributed by atoms with van der Waals surface area (Å²) in [6.45, 7) is 4.68. The highest BCUT2D eigenvalue weighted by Crippen LogP contribution is 2.30. The number of nitrogens with two attached hydrogens (primary N) is 1. The third-order valence-corrected chi connectivity index (χ3v) is 3.63. The van der Waals surface area contributed by atoms with E-state index in [2.05, 4.69) is 27.3 Å².